The minimum Gasteiger partial charge on any atom is -0.478 e. The molecule has 0 saturated carbocycles. The first-order valence-electron chi connectivity index (χ1n) is 6.36. The van der Waals surface area contributed by atoms with Gasteiger partial charge in [-0.15, -0.1) is 11.3 Å². The maximum absolute atomic E-state index is 12.2. The Bertz CT molecular complexity index is 692. The van der Waals surface area contributed by atoms with E-state index in [1.165, 1.54) is 11.3 Å². The molecule has 1 aromatic carbocycles. The fourth-order valence-electron chi connectivity index (χ4n) is 2.10. The second kappa shape index (κ2) is 6.28. The van der Waals surface area contributed by atoms with Crippen molar-refractivity contribution in [1.29, 1.82) is 0 Å². The third-order valence-electron chi connectivity index (χ3n) is 3.11. The molecule has 6 heteroatoms. The van der Waals surface area contributed by atoms with E-state index >= 15 is 0 Å². The number of carbonyl (C=O) groups excluding carboxylic acids is 1. The molecule has 0 bridgehead atoms. The molecule has 0 aliphatic carbocycles. The predicted molar refractivity (Wildman–Crippen MR) is 84.8 cm³/mol. The predicted octanol–water partition coefficient (Wildman–Crippen LogP) is 4.22. The molecule has 0 saturated heterocycles. The van der Waals surface area contributed by atoms with Crippen molar-refractivity contribution in [1.82, 2.24) is 0 Å². The number of aromatic carboxylic acids is 1. The van der Waals surface area contributed by atoms with E-state index in [-0.39, 0.29) is 11.5 Å². The van der Waals surface area contributed by atoms with E-state index in [1.54, 1.807) is 24.3 Å². The number of hydrogen-bond acceptors (Lipinski definition) is 3. The SMILES string of the molecule is CCc1c(C)sc(NC(=O)c2ccc(Cl)cc2)c1C(=O)O. The highest BCUT2D eigenvalue weighted by Gasteiger charge is 2.22. The quantitative estimate of drug-likeness (QED) is 0.885. The summed E-state index contributed by atoms with van der Waals surface area (Å²) in [5.74, 6) is -1.37. The number of anilines is 1. The summed E-state index contributed by atoms with van der Waals surface area (Å²) in [6, 6.07) is 6.43. The van der Waals surface area contributed by atoms with Crippen LogP contribution in [-0.4, -0.2) is 17.0 Å². The smallest absolute Gasteiger partial charge is 0.339 e. The first-order chi connectivity index (χ1) is 9.93. The number of amides is 1. The van der Waals surface area contributed by atoms with E-state index in [1.807, 2.05) is 13.8 Å². The number of carbonyl (C=O) groups is 2. The zero-order valence-electron chi connectivity index (χ0n) is 11.6. The van der Waals surface area contributed by atoms with Crippen molar-refractivity contribution in [3.8, 4) is 0 Å². The summed E-state index contributed by atoms with van der Waals surface area (Å²) in [6.45, 7) is 3.75. The van der Waals surface area contributed by atoms with Gasteiger partial charge in [-0.2, -0.15) is 0 Å². The summed E-state index contributed by atoms with van der Waals surface area (Å²) < 4.78 is 0. The molecule has 0 radical (unpaired) electrons. The topological polar surface area (TPSA) is 66.4 Å². The number of benzene rings is 1. The highest BCUT2D eigenvalue weighted by Crippen LogP contribution is 2.33. The summed E-state index contributed by atoms with van der Waals surface area (Å²) in [5.41, 5.74) is 1.38. The van der Waals surface area contributed by atoms with Gasteiger partial charge >= 0.3 is 5.97 Å². The maximum Gasteiger partial charge on any atom is 0.339 e. The summed E-state index contributed by atoms with van der Waals surface area (Å²) in [6.07, 6.45) is 0.612. The van der Waals surface area contributed by atoms with E-state index in [0.29, 0.717) is 22.0 Å². The Morgan fingerprint density at radius 3 is 2.43 bits per heavy atom. The third-order valence-corrected chi connectivity index (χ3v) is 4.42. The minimum absolute atomic E-state index is 0.183. The van der Waals surface area contributed by atoms with Crippen LogP contribution in [0.25, 0.3) is 0 Å². The number of nitrogens with one attached hydrogen (secondary N) is 1. The lowest BCUT2D eigenvalue weighted by atomic mass is 10.1. The van der Waals surface area contributed by atoms with E-state index in [4.69, 9.17) is 11.6 Å². The number of rotatable bonds is 4. The molecule has 21 heavy (non-hydrogen) atoms. The van der Waals surface area contributed by atoms with Crippen LogP contribution in [0.5, 0.6) is 0 Å². The molecule has 110 valence electrons. The van der Waals surface area contributed by atoms with Gasteiger partial charge in [-0.25, -0.2) is 4.79 Å². The standard InChI is InChI=1S/C15H14ClNO3S/c1-3-11-8(2)21-14(12(11)15(19)20)17-13(18)9-4-6-10(16)7-5-9/h4-7H,3H2,1-2H3,(H,17,18)(H,19,20). The Morgan fingerprint density at radius 1 is 1.29 bits per heavy atom. The van der Waals surface area contributed by atoms with Gasteiger partial charge in [-0.05, 0) is 43.2 Å². The normalized spacial score (nSPS) is 10.4. The van der Waals surface area contributed by atoms with Gasteiger partial charge in [-0.3, -0.25) is 4.79 Å². The molecule has 4 nitrogen and oxygen atoms in total. The first-order valence-corrected chi connectivity index (χ1v) is 7.56. The van der Waals surface area contributed by atoms with Gasteiger partial charge < -0.3 is 10.4 Å². The zero-order chi connectivity index (χ0) is 15.6. The molecular weight excluding hydrogens is 310 g/mol. The molecule has 0 aliphatic rings. The zero-order valence-corrected chi connectivity index (χ0v) is 13.1. The van der Waals surface area contributed by atoms with E-state index in [9.17, 15) is 14.7 Å². The lowest BCUT2D eigenvalue weighted by Crippen LogP contribution is -2.13. The Kier molecular flexibility index (Phi) is 4.65. The molecule has 1 amide bonds. The van der Waals surface area contributed by atoms with Gasteiger partial charge in [0.1, 0.15) is 5.00 Å². The minimum atomic E-state index is -1.03. The molecule has 0 spiro atoms. The van der Waals surface area contributed by atoms with Crippen molar-refractivity contribution in [3.63, 3.8) is 0 Å². The van der Waals surface area contributed by atoms with Crippen LogP contribution in [0.3, 0.4) is 0 Å². The van der Waals surface area contributed by atoms with Gasteiger partial charge in [0.25, 0.3) is 5.91 Å². The van der Waals surface area contributed by atoms with Crippen LogP contribution in [0, 0.1) is 6.92 Å². The van der Waals surface area contributed by atoms with Crippen LogP contribution < -0.4 is 5.32 Å². The number of thiophene rings is 1. The summed E-state index contributed by atoms with van der Waals surface area (Å²) >= 11 is 7.06. The van der Waals surface area contributed by atoms with Crippen molar-refractivity contribution in [2.45, 2.75) is 20.3 Å². The monoisotopic (exact) mass is 323 g/mol. The highest BCUT2D eigenvalue weighted by molar-refractivity contribution is 7.16. The van der Waals surface area contributed by atoms with E-state index in [2.05, 4.69) is 5.32 Å². The van der Waals surface area contributed by atoms with Crippen LogP contribution in [0.15, 0.2) is 24.3 Å². The van der Waals surface area contributed by atoms with Crippen LogP contribution in [0.2, 0.25) is 5.02 Å². The van der Waals surface area contributed by atoms with Gasteiger partial charge in [0.15, 0.2) is 0 Å². The van der Waals surface area contributed by atoms with Crippen molar-refractivity contribution in [3.05, 3.63) is 50.9 Å². The van der Waals surface area contributed by atoms with Crippen molar-refractivity contribution >= 4 is 39.8 Å². The molecular formula is C15H14ClNO3S. The average molecular weight is 324 g/mol. The number of carboxylic acid groups (broad SMARTS) is 1. The average Bonchev–Trinajstić information content (AvgIpc) is 2.75. The molecule has 0 aliphatic heterocycles. The fraction of sp³-hybridized carbons (Fsp3) is 0.200. The molecule has 2 N–H and O–H groups in total. The van der Waals surface area contributed by atoms with Crippen LogP contribution in [0.4, 0.5) is 5.00 Å². The van der Waals surface area contributed by atoms with Crippen molar-refractivity contribution < 1.29 is 14.7 Å². The molecule has 2 aromatic rings. The highest BCUT2D eigenvalue weighted by atomic mass is 35.5. The summed E-state index contributed by atoms with van der Waals surface area (Å²) in [5, 5.41) is 12.9. The van der Waals surface area contributed by atoms with Gasteiger partial charge in [-0.1, -0.05) is 18.5 Å². The van der Waals surface area contributed by atoms with Crippen LogP contribution >= 0.6 is 22.9 Å². The molecule has 1 aromatic heterocycles. The Balaban J connectivity index is 2.33. The third kappa shape index (κ3) is 3.25. The molecule has 2 rings (SSSR count). The Hall–Kier alpha value is -1.85. The molecule has 1 heterocycles. The summed E-state index contributed by atoms with van der Waals surface area (Å²) in [4.78, 5) is 24.5. The van der Waals surface area contributed by atoms with Crippen LogP contribution in [-0.2, 0) is 6.42 Å². The number of carboxylic acids is 1. The van der Waals surface area contributed by atoms with E-state index < -0.39 is 5.97 Å². The van der Waals surface area contributed by atoms with Crippen molar-refractivity contribution in [2.75, 3.05) is 5.32 Å². The number of halogens is 1. The van der Waals surface area contributed by atoms with Crippen LogP contribution in [0.1, 0.15) is 38.1 Å². The lowest BCUT2D eigenvalue weighted by molar-refractivity contribution is 0.0697. The second-order valence-corrected chi connectivity index (χ2v) is 6.12. The maximum atomic E-state index is 12.2. The Morgan fingerprint density at radius 2 is 1.90 bits per heavy atom. The molecule has 0 unspecified atom stereocenters. The Labute approximate surface area is 131 Å². The molecule has 0 atom stereocenters. The molecule has 0 fully saturated rings. The lowest BCUT2D eigenvalue weighted by Gasteiger charge is -2.05. The second-order valence-electron chi connectivity index (χ2n) is 4.46. The van der Waals surface area contributed by atoms with Crippen molar-refractivity contribution in [2.24, 2.45) is 0 Å². The number of aryl methyl sites for hydroxylation is 1. The largest absolute Gasteiger partial charge is 0.478 e. The van der Waals surface area contributed by atoms with Gasteiger partial charge in [0.2, 0.25) is 0 Å². The first kappa shape index (κ1) is 15.5. The van der Waals surface area contributed by atoms with Gasteiger partial charge in [0.05, 0.1) is 5.56 Å². The number of hydrogen-bond donors (Lipinski definition) is 2. The van der Waals surface area contributed by atoms with Gasteiger partial charge in [0, 0.05) is 15.5 Å². The summed E-state index contributed by atoms with van der Waals surface area (Å²) in [7, 11) is 0. The fourth-order valence-corrected chi connectivity index (χ4v) is 3.35. The van der Waals surface area contributed by atoms with E-state index in [0.717, 1.165) is 10.4 Å².